The van der Waals surface area contributed by atoms with Crippen molar-refractivity contribution >= 4 is 21.7 Å². The normalized spacial score (nSPS) is 16.0. The first-order valence-corrected chi connectivity index (χ1v) is 8.63. The quantitative estimate of drug-likeness (QED) is 0.746. The van der Waals surface area contributed by atoms with Crippen LogP contribution in [0, 0.1) is 5.92 Å². The predicted molar refractivity (Wildman–Crippen MR) is 86.7 cm³/mol. The van der Waals surface area contributed by atoms with E-state index in [0.29, 0.717) is 17.8 Å². The van der Waals surface area contributed by atoms with E-state index in [1.807, 2.05) is 0 Å². The van der Waals surface area contributed by atoms with Crippen molar-refractivity contribution < 1.29 is 0 Å². The zero-order chi connectivity index (χ0) is 14.5. The lowest BCUT2D eigenvalue weighted by atomic mass is 10.2. The van der Waals surface area contributed by atoms with Gasteiger partial charge in [-0.1, -0.05) is 42.6 Å². The Balaban J connectivity index is 2.30. The largest absolute Gasteiger partial charge is 0.348 e. The highest BCUT2D eigenvalue weighted by atomic mass is 79.9. The number of anilines is 1. The van der Waals surface area contributed by atoms with Gasteiger partial charge in [-0.05, 0) is 18.8 Å². The molecule has 0 unspecified atom stereocenters. The van der Waals surface area contributed by atoms with Crippen molar-refractivity contribution in [1.29, 1.82) is 0 Å². The van der Waals surface area contributed by atoms with E-state index in [1.165, 1.54) is 25.7 Å². The van der Waals surface area contributed by atoms with Gasteiger partial charge in [-0.25, -0.2) is 4.98 Å². The summed E-state index contributed by atoms with van der Waals surface area (Å²) >= 11 is 3.50. The predicted octanol–water partition coefficient (Wildman–Crippen LogP) is 3.04. The molecule has 1 aromatic rings. The molecule has 1 aliphatic carbocycles. The van der Waals surface area contributed by atoms with Gasteiger partial charge in [0, 0.05) is 36.9 Å². The number of halogens is 1. The fourth-order valence-corrected chi connectivity index (χ4v) is 3.32. The van der Waals surface area contributed by atoms with Crippen molar-refractivity contribution in [3.63, 3.8) is 0 Å². The Bertz CT molecular complexity index is 480. The second kappa shape index (κ2) is 7.25. The van der Waals surface area contributed by atoms with Crippen LogP contribution in [0.4, 0.5) is 5.82 Å². The molecule has 0 N–H and O–H groups in total. The molecule has 0 bridgehead atoms. The topological polar surface area (TPSA) is 38.1 Å². The van der Waals surface area contributed by atoms with Gasteiger partial charge >= 0.3 is 0 Å². The van der Waals surface area contributed by atoms with Crippen molar-refractivity contribution in [3.05, 3.63) is 22.7 Å². The van der Waals surface area contributed by atoms with Gasteiger partial charge in [0.15, 0.2) is 5.82 Å². The summed E-state index contributed by atoms with van der Waals surface area (Å²) in [6.07, 6.45) is 8.43. The van der Waals surface area contributed by atoms with Gasteiger partial charge in [0.1, 0.15) is 0 Å². The molecule has 0 amide bonds. The second-order valence-corrected chi connectivity index (χ2v) is 6.72. The van der Waals surface area contributed by atoms with Crippen molar-refractivity contribution in [1.82, 2.24) is 9.55 Å². The van der Waals surface area contributed by atoms with Gasteiger partial charge in [0.2, 0.25) is 0 Å². The highest BCUT2D eigenvalue weighted by molar-refractivity contribution is 9.09. The lowest BCUT2D eigenvalue weighted by Crippen LogP contribution is -2.41. The van der Waals surface area contributed by atoms with Crippen LogP contribution in [0.15, 0.2) is 17.2 Å². The summed E-state index contributed by atoms with van der Waals surface area (Å²) in [6, 6.07) is 0.475. The fraction of sp³-hybridized carbons (Fsp3) is 0.733. The molecular weight excluding hydrogens is 318 g/mol. The van der Waals surface area contributed by atoms with E-state index in [1.54, 1.807) is 17.0 Å². The first-order valence-electron chi connectivity index (χ1n) is 7.51. The zero-order valence-electron chi connectivity index (χ0n) is 12.4. The van der Waals surface area contributed by atoms with Crippen molar-refractivity contribution in [3.8, 4) is 0 Å². The van der Waals surface area contributed by atoms with Crippen LogP contribution in [0.1, 0.15) is 39.5 Å². The Hall–Kier alpha value is -0.840. The number of nitrogens with zero attached hydrogens (tertiary/aromatic N) is 3. The maximum absolute atomic E-state index is 12.6. The van der Waals surface area contributed by atoms with E-state index in [-0.39, 0.29) is 5.56 Å². The van der Waals surface area contributed by atoms with Crippen molar-refractivity contribution in [2.45, 2.75) is 52.1 Å². The summed E-state index contributed by atoms with van der Waals surface area (Å²) in [5, 5.41) is 0.865. The zero-order valence-corrected chi connectivity index (χ0v) is 14.0. The minimum absolute atomic E-state index is 0.0500. The van der Waals surface area contributed by atoms with E-state index >= 15 is 0 Å². The molecule has 5 heteroatoms. The molecule has 0 spiro atoms. The van der Waals surface area contributed by atoms with Crippen LogP contribution in [0.2, 0.25) is 0 Å². The van der Waals surface area contributed by atoms with E-state index < -0.39 is 0 Å². The maximum atomic E-state index is 12.6. The fourth-order valence-electron chi connectivity index (χ4n) is 2.94. The molecule has 20 heavy (non-hydrogen) atoms. The van der Waals surface area contributed by atoms with Gasteiger partial charge in [-0.3, -0.25) is 4.79 Å². The highest BCUT2D eigenvalue weighted by Crippen LogP contribution is 2.25. The number of hydrogen-bond acceptors (Lipinski definition) is 3. The van der Waals surface area contributed by atoms with Crippen LogP contribution in [0.25, 0.3) is 0 Å². The average Bonchev–Trinajstić information content (AvgIpc) is 2.92. The molecule has 4 nitrogen and oxygen atoms in total. The monoisotopic (exact) mass is 341 g/mol. The first kappa shape index (κ1) is 15.5. The molecule has 1 aliphatic rings. The molecule has 0 saturated heterocycles. The summed E-state index contributed by atoms with van der Waals surface area (Å²) < 4.78 is 1.79. The summed E-state index contributed by atoms with van der Waals surface area (Å²) in [6.45, 7) is 5.85. The summed E-state index contributed by atoms with van der Waals surface area (Å²) in [5.74, 6) is 1.08. The van der Waals surface area contributed by atoms with Gasteiger partial charge in [-0.15, -0.1) is 0 Å². The molecule has 0 aliphatic heterocycles. The molecule has 112 valence electrons. The molecule has 1 aromatic heterocycles. The van der Waals surface area contributed by atoms with Crippen molar-refractivity contribution in [2.24, 2.45) is 5.92 Å². The molecule has 1 fully saturated rings. The van der Waals surface area contributed by atoms with Crippen LogP contribution in [-0.2, 0) is 6.54 Å². The third-order valence-electron chi connectivity index (χ3n) is 3.82. The Morgan fingerprint density at radius 2 is 2.15 bits per heavy atom. The number of hydrogen-bond donors (Lipinski definition) is 0. The van der Waals surface area contributed by atoms with Crippen LogP contribution in [0.3, 0.4) is 0 Å². The third kappa shape index (κ3) is 3.62. The SMILES string of the molecule is CC(C)Cn1ccnc(N(CCBr)C2CCCC2)c1=O. The minimum atomic E-state index is 0.0500. The Kier molecular flexibility index (Phi) is 5.64. The van der Waals surface area contributed by atoms with Gasteiger partial charge in [-0.2, -0.15) is 0 Å². The van der Waals surface area contributed by atoms with Gasteiger partial charge in [0.05, 0.1) is 0 Å². The Morgan fingerprint density at radius 1 is 1.45 bits per heavy atom. The molecule has 0 radical (unpaired) electrons. The number of rotatable bonds is 6. The standard InChI is InChI=1S/C15H24BrN3O/c1-12(2)11-18-10-8-17-14(15(18)20)19(9-7-16)13-5-3-4-6-13/h8,10,12-13H,3-7,9,11H2,1-2H3. The second-order valence-electron chi connectivity index (χ2n) is 5.92. The Labute approximate surface area is 129 Å². The lowest BCUT2D eigenvalue weighted by molar-refractivity contribution is 0.505. The van der Waals surface area contributed by atoms with Gasteiger partial charge < -0.3 is 9.47 Å². The van der Waals surface area contributed by atoms with Crippen LogP contribution < -0.4 is 10.5 Å². The van der Waals surface area contributed by atoms with Gasteiger partial charge in [0.25, 0.3) is 5.56 Å². The Morgan fingerprint density at radius 3 is 2.75 bits per heavy atom. The summed E-state index contributed by atoms with van der Waals surface area (Å²) in [4.78, 5) is 19.2. The highest BCUT2D eigenvalue weighted by Gasteiger charge is 2.25. The molecule has 1 saturated carbocycles. The minimum Gasteiger partial charge on any atom is -0.348 e. The molecule has 2 rings (SSSR count). The van der Waals surface area contributed by atoms with E-state index in [4.69, 9.17) is 0 Å². The number of aromatic nitrogens is 2. The van der Waals surface area contributed by atoms with E-state index in [9.17, 15) is 4.79 Å². The van der Waals surface area contributed by atoms with Crippen molar-refractivity contribution in [2.75, 3.05) is 16.8 Å². The molecule has 0 aromatic carbocycles. The molecular formula is C15H24BrN3O. The lowest BCUT2D eigenvalue weighted by Gasteiger charge is -2.29. The van der Waals surface area contributed by atoms with E-state index in [2.05, 4.69) is 39.7 Å². The van der Waals surface area contributed by atoms with Crippen LogP contribution >= 0.6 is 15.9 Å². The van der Waals surface area contributed by atoms with Crippen LogP contribution in [-0.4, -0.2) is 27.5 Å². The first-order chi connectivity index (χ1) is 9.63. The smallest absolute Gasteiger partial charge is 0.293 e. The third-order valence-corrected chi connectivity index (χ3v) is 4.18. The van der Waals surface area contributed by atoms with E-state index in [0.717, 1.165) is 18.4 Å². The molecule has 1 heterocycles. The average molecular weight is 342 g/mol. The van der Waals surface area contributed by atoms with Crippen LogP contribution in [0.5, 0.6) is 0 Å². The summed E-state index contributed by atoms with van der Waals surface area (Å²) in [7, 11) is 0. The molecule has 0 atom stereocenters. The number of alkyl halides is 1. The maximum Gasteiger partial charge on any atom is 0.293 e. The summed E-state index contributed by atoms with van der Waals surface area (Å²) in [5.41, 5.74) is 0.0500.